The Morgan fingerprint density at radius 2 is 1.82 bits per heavy atom. The number of hydrogen-bond donors (Lipinski definition) is 0. The molecule has 1 atom stereocenters. The molecule has 178 valence electrons. The van der Waals surface area contributed by atoms with Gasteiger partial charge < -0.3 is 9.64 Å². The Kier molecular flexibility index (Phi) is 7.31. The number of thioether (sulfide) groups is 1. The van der Waals surface area contributed by atoms with Gasteiger partial charge in [-0.15, -0.1) is 0 Å². The van der Waals surface area contributed by atoms with Crippen molar-refractivity contribution < 1.29 is 18.7 Å². The van der Waals surface area contributed by atoms with E-state index in [0.29, 0.717) is 54.3 Å². The molecule has 1 fully saturated rings. The van der Waals surface area contributed by atoms with Crippen LogP contribution >= 0.6 is 11.8 Å². The number of esters is 1. The maximum Gasteiger partial charge on any atom is 0.309 e. The molecule has 1 aliphatic rings. The summed E-state index contributed by atoms with van der Waals surface area (Å²) in [6.07, 6.45) is 1.13. The molecule has 9 heteroatoms. The van der Waals surface area contributed by atoms with Crippen LogP contribution in [-0.2, 0) is 14.3 Å². The van der Waals surface area contributed by atoms with Gasteiger partial charge in [-0.1, -0.05) is 23.9 Å². The van der Waals surface area contributed by atoms with Crippen molar-refractivity contribution in [2.45, 2.75) is 37.1 Å². The highest BCUT2D eigenvalue weighted by molar-refractivity contribution is 8.00. The molecule has 2 heterocycles. The first kappa shape index (κ1) is 23.9. The summed E-state index contributed by atoms with van der Waals surface area (Å²) in [5, 5.41) is 0.285. The summed E-state index contributed by atoms with van der Waals surface area (Å²) in [6.45, 7) is 4.86. The van der Waals surface area contributed by atoms with Crippen molar-refractivity contribution >= 4 is 34.5 Å². The van der Waals surface area contributed by atoms with Crippen LogP contribution in [0.25, 0.3) is 16.6 Å². The van der Waals surface area contributed by atoms with Crippen LogP contribution < -0.4 is 5.56 Å². The second-order valence-corrected chi connectivity index (χ2v) is 9.45. The van der Waals surface area contributed by atoms with Gasteiger partial charge in [0.25, 0.3) is 5.56 Å². The number of ether oxygens (including phenoxy) is 1. The van der Waals surface area contributed by atoms with E-state index in [1.165, 1.54) is 40.6 Å². The molecule has 7 nitrogen and oxygen atoms in total. The van der Waals surface area contributed by atoms with Gasteiger partial charge in [-0.3, -0.25) is 19.0 Å². The number of halogens is 1. The fraction of sp³-hybridized carbons (Fsp3) is 0.360. The van der Waals surface area contributed by atoms with Gasteiger partial charge in [-0.2, -0.15) is 0 Å². The molecular formula is C25H26FN3O4S. The Labute approximate surface area is 200 Å². The highest BCUT2D eigenvalue weighted by Gasteiger charge is 2.31. The molecule has 1 unspecified atom stereocenters. The molecule has 2 aromatic carbocycles. The number of rotatable bonds is 6. The summed E-state index contributed by atoms with van der Waals surface area (Å²) >= 11 is 1.19. The number of fused-ring (bicyclic) bond motifs is 1. The van der Waals surface area contributed by atoms with Gasteiger partial charge >= 0.3 is 5.97 Å². The number of para-hydroxylation sites is 1. The first-order chi connectivity index (χ1) is 16.4. The Bertz CT molecular complexity index is 1250. The van der Waals surface area contributed by atoms with Crippen molar-refractivity contribution in [2.24, 2.45) is 5.92 Å². The Morgan fingerprint density at radius 3 is 2.50 bits per heavy atom. The SMILES string of the molecule is CCOC(=O)C1CCN(C(=O)C(C)Sc2nc3ccccc3c(=O)n2-c2ccc(F)cc2)CC1. The molecule has 0 saturated carbocycles. The van der Waals surface area contributed by atoms with E-state index in [4.69, 9.17) is 4.74 Å². The monoisotopic (exact) mass is 483 g/mol. The fourth-order valence-electron chi connectivity index (χ4n) is 4.07. The van der Waals surface area contributed by atoms with Gasteiger partial charge in [0.15, 0.2) is 5.16 Å². The highest BCUT2D eigenvalue weighted by atomic mass is 32.2. The average Bonchev–Trinajstić information content (AvgIpc) is 2.85. The number of nitrogens with zero attached hydrogens (tertiary/aromatic N) is 3. The number of aromatic nitrogens is 2. The van der Waals surface area contributed by atoms with E-state index in [2.05, 4.69) is 4.98 Å². The number of carbonyl (C=O) groups is 2. The van der Waals surface area contributed by atoms with E-state index in [0.717, 1.165) is 0 Å². The number of amides is 1. The number of likely N-dealkylation sites (tertiary alicyclic amines) is 1. The zero-order chi connectivity index (χ0) is 24.2. The maximum atomic E-state index is 13.5. The molecule has 1 aromatic heterocycles. The lowest BCUT2D eigenvalue weighted by molar-refractivity contribution is -0.151. The second kappa shape index (κ2) is 10.4. The van der Waals surface area contributed by atoms with Crippen LogP contribution in [0.3, 0.4) is 0 Å². The molecule has 1 aliphatic heterocycles. The minimum absolute atomic E-state index is 0.0830. The molecule has 3 aromatic rings. The van der Waals surface area contributed by atoms with E-state index in [-0.39, 0.29) is 23.4 Å². The van der Waals surface area contributed by atoms with Gasteiger partial charge in [-0.25, -0.2) is 9.37 Å². The number of carbonyl (C=O) groups excluding carboxylic acids is 2. The standard InChI is InChI=1S/C25H26FN3O4S/c1-3-33-24(32)17-12-14-28(15-13-17)22(30)16(2)34-25-27-21-7-5-4-6-20(21)23(31)29(25)19-10-8-18(26)9-11-19/h4-11,16-17H,3,12-15H2,1-2H3. The lowest BCUT2D eigenvalue weighted by Gasteiger charge is -2.32. The van der Waals surface area contributed by atoms with Crippen LogP contribution in [-0.4, -0.2) is 51.3 Å². The quantitative estimate of drug-likeness (QED) is 0.301. The van der Waals surface area contributed by atoms with E-state index in [1.54, 1.807) is 43.0 Å². The summed E-state index contributed by atoms with van der Waals surface area (Å²) in [6, 6.07) is 12.6. The minimum Gasteiger partial charge on any atom is -0.466 e. The van der Waals surface area contributed by atoms with E-state index in [9.17, 15) is 18.8 Å². The molecular weight excluding hydrogens is 457 g/mol. The Morgan fingerprint density at radius 1 is 1.15 bits per heavy atom. The van der Waals surface area contributed by atoms with Gasteiger partial charge in [0, 0.05) is 13.1 Å². The molecule has 1 amide bonds. The van der Waals surface area contributed by atoms with E-state index >= 15 is 0 Å². The molecule has 1 saturated heterocycles. The van der Waals surface area contributed by atoms with E-state index < -0.39 is 11.1 Å². The van der Waals surface area contributed by atoms with Crippen LogP contribution in [0.5, 0.6) is 0 Å². The third kappa shape index (κ3) is 4.99. The van der Waals surface area contributed by atoms with Crippen LogP contribution in [0.1, 0.15) is 26.7 Å². The number of piperidine rings is 1. The molecule has 0 bridgehead atoms. The highest BCUT2D eigenvalue weighted by Crippen LogP contribution is 2.28. The molecule has 0 spiro atoms. The van der Waals surface area contributed by atoms with Gasteiger partial charge in [-0.05, 0) is 63.1 Å². The summed E-state index contributed by atoms with van der Waals surface area (Å²) in [4.78, 5) is 44.9. The zero-order valence-electron chi connectivity index (χ0n) is 19.1. The molecule has 0 radical (unpaired) electrons. The van der Waals surface area contributed by atoms with Crippen LogP contribution in [0, 0.1) is 11.7 Å². The Hall–Kier alpha value is -3.20. The lowest BCUT2D eigenvalue weighted by atomic mass is 9.97. The van der Waals surface area contributed by atoms with Gasteiger partial charge in [0.2, 0.25) is 5.91 Å². The third-order valence-electron chi connectivity index (χ3n) is 5.89. The third-order valence-corrected chi connectivity index (χ3v) is 6.93. The van der Waals surface area contributed by atoms with Crippen LogP contribution in [0.4, 0.5) is 4.39 Å². The number of hydrogen-bond acceptors (Lipinski definition) is 6. The normalized spacial score (nSPS) is 15.3. The first-order valence-corrected chi connectivity index (χ1v) is 12.2. The average molecular weight is 484 g/mol. The predicted molar refractivity (Wildman–Crippen MR) is 129 cm³/mol. The fourth-order valence-corrected chi connectivity index (χ4v) is 5.08. The molecule has 34 heavy (non-hydrogen) atoms. The summed E-state index contributed by atoms with van der Waals surface area (Å²) < 4.78 is 20.0. The molecule has 4 rings (SSSR count). The summed E-state index contributed by atoms with van der Waals surface area (Å²) in [5.74, 6) is -0.881. The largest absolute Gasteiger partial charge is 0.466 e. The van der Waals surface area contributed by atoms with Crippen molar-refractivity contribution in [2.75, 3.05) is 19.7 Å². The molecule has 0 N–H and O–H groups in total. The van der Waals surface area contributed by atoms with Gasteiger partial charge in [0.05, 0.1) is 34.4 Å². The van der Waals surface area contributed by atoms with Crippen LogP contribution in [0.15, 0.2) is 58.5 Å². The van der Waals surface area contributed by atoms with Gasteiger partial charge in [0.1, 0.15) is 5.82 Å². The van der Waals surface area contributed by atoms with Crippen molar-refractivity contribution in [3.05, 3.63) is 64.7 Å². The second-order valence-electron chi connectivity index (χ2n) is 8.14. The zero-order valence-corrected chi connectivity index (χ0v) is 19.9. The number of benzene rings is 2. The maximum absolute atomic E-state index is 13.5. The predicted octanol–water partition coefficient (Wildman–Crippen LogP) is 3.81. The Balaban J connectivity index is 1.58. The van der Waals surface area contributed by atoms with Crippen molar-refractivity contribution in [1.29, 1.82) is 0 Å². The van der Waals surface area contributed by atoms with Crippen LogP contribution in [0.2, 0.25) is 0 Å². The lowest BCUT2D eigenvalue weighted by Crippen LogP contribution is -2.43. The minimum atomic E-state index is -0.515. The summed E-state index contributed by atoms with van der Waals surface area (Å²) in [7, 11) is 0. The van der Waals surface area contributed by atoms with E-state index in [1.807, 2.05) is 0 Å². The van der Waals surface area contributed by atoms with Crippen molar-refractivity contribution in [3.63, 3.8) is 0 Å². The smallest absolute Gasteiger partial charge is 0.309 e. The topological polar surface area (TPSA) is 81.5 Å². The summed E-state index contributed by atoms with van der Waals surface area (Å²) in [5.41, 5.74) is 0.722. The first-order valence-electron chi connectivity index (χ1n) is 11.3. The molecule has 0 aliphatic carbocycles. The van der Waals surface area contributed by atoms with Crippen molar-refractivity contribution in [3.8, 4) is 5.69 Å². The van der Waals surface area contributed by atoms with Crippen molar-refractivity contribution in [1.82, 2.24) is 14.5 Å².